The lowest BCUT2D eigenvalue weighted by Gasteiger charge is -2.43. The summed E-state index contributed by atoms with van der Waals surface area (Å²) >= 11 is 6.41. The molecule has 0 saturated carbocycles. The van der Waals surface area contributed by atoms with Gasteiger partial charge in [-0.3, -0.25) is 9.58 Å². The summed E-state index contributed by atoms with van der Waals surface area (Å²) in [6.45, 7) is 14.0. The second kappa shape index (κ2) is 7.43. The highest BCUT2D eigenvalue weighted by Crippen LogP contribution is 2.34. The normalized spacial score (nSPS) is 14.0. The zero-order valence-electron chi connectivity index (χ0n) is 13.7. The van der Waals surface area contributed by atoms with Crippen LogP contribution in [0.1, 0.15) is 52.8 Å². The van der Waals surface area contributed by atoms with Crippen molar-refractivity contribution in [2.75, 3.05) is 20.1 Å². The van der Waals surface area contributed by atoms with Gasteiger partial charge in [0, 0.05) is 12.1 Å². The molecule has 1 rings (SSSR count). The van der Waals surface area contributed by atoms with E-state index in [0.29, 0.717) is 0 Å². The Bertz CT molecular complexity index is 410. The van der Waals surface area contributed by atoms with Gasteiger partial charge in [-0.15, -0.1) is 0 Å². The monoisotopic (exact) mass is 300 g/mol. The number of rotatable bonds is 8. The van der Waals surface area contributed by atoms with E-state index in [9.17, 15) is 0 Å². The molecule has 1 unspecified atom stereocenters. The zero-order chi connectivity index (χ0) is 15.3. The van der Waals surface area contributed by atoms with Gasteiger partial charge in [-0.25, -0.2) is 0 Å². The van der Waals surface area contributed by atoms with Crippen LogP contribution in [-0.2, 0) is 6.54 Å². The van der Waals surface area contributed by atoms with Crippen LogP contribution in [0.5, 0.6) is 0 Å². The van der Waals surface area contributed by atoms with Gasteiger partial charge in [0.15, 0.2) is 0 Å². The van der Waals surface area contributed by atoms with E-state index in [1.54, 1.807) is 6.20 Å². The Morgan fingerprint density at radius 3 is 2.40 bits per heavy atom. The summed E-state index contributed by atoms with van der Waals surface area (Å²) in [5.74, 6) is 0. The van der Waals surface area contributed by atoms with Crippen molar-refractivity contribution in [1.29, 1.82) is 0 Å². The van der Waals surface area contributed by atoms with Crippen molar-refractivity contribution in [3.63, 3.8) is 0 Å². The molecule has 0 aliphatic heterocycles. The van der Waals surface area contributed by atoms with Crippen molar-refractivity contribution in [1.82, 2.24) is 20.0 Å². The standard InChI is InChI=1S/C15H29ClN4/c1-7-10-20-13(12(16)11-18-20)14(17-6)15(4,5)19(8-2)9-3/h11,14,17H,7-10H2,1-6H3. The molecule has 1 atom stereocenters. The van der Waals surface area contributed by atoms with E-state index in [4.69, 9.17) is 11.6 Å². The minimum atomic E-state index is -0.0343. The molecule has 0 aliphatic carbocycles. The summed E-state index contributed by atoms with van der Waals surface area (Å²) in [5.41, 5.74) is 1.06. The first kappa shape index (κ1) is 17.5. The molecule has 0 amide bonds. The van der Waals surface area contributed by atoms with Crippen LogP contribution in [0.25, 0.3) is 0 Å². The summed E-state index contributed by atoms with van der Waals surface area (Å²) < 4.78 is 2.04. The molecule has 1 heterocycles. The average Bonchev–Trinajstić information content (AvgIpc) is 2.74. The maximum Gasteiger partial charge on any atom is 0.0834 e. The molecule has 0 spiro atoms. The van der Waals surface area contributed by atoms with Crippen molar-refractivity contribution < 1.29 is 0 Å². The van der Waals surface area contributed by atoms with Gasteiger partial charge in [0.1, 0.15) is 0 Å². The van der Waals surface area contributed by atoms with E-state index >= 15 is 0 Å². The highest BCUT2D eigenvalue weighted by Gasteiger charge is 2.37. The second-order valence-corrected chi connectivity index (χ2v) is 6.06. The van der Waals surface area contributed by atoms with E-state index in [0.717, 1.165) is 36.8 Å². The van der Waals surface area contributed by atoms with Gasteiger partial charge in [0.25, 0.3) is 0 Å². The summed E-state index contributed by atoms with van der Waals surface area (Å²) in [5, 5.41) is 8.62. The molecule has 0 radical (unpaired) electrons. The number of hydrogen-bond donors (Lipinski definition) is 1. The Kier molecular flexibility index (Phi) is 6.49. The number of halogens is 1. The highest BCUT2D eigenvalue weighted by atomic mass is 35.5. The summed E-state index contributed by atoms with van der Waals surface area (Å²) in [6.07, 6.45) is 2.81. The van der Waals surface area contributed by atoms with Crippen molar-refractivity contribution >= 4 is 11.6 Å². The Morgan fingerprint density at radius 1 is 1.35 bits per heavy atom. The SMILES string of the molecule is CCCn1ncc(Cl)c1C(NC)C(C)(C)N(CC)CC. The Morgan fingerprint density at radius 2 is 1.95 bits per heavy atom. The van der Waals surface area contributed by atoms with Gasteiger partial charge in [-0.1, -0.05) is 32.4 Å². The number of aryl methyl sites for hydroxylation is 1. The minimum Gasteiger partial charge on any atom is -0.310 e. The molecule has 116 valence electrons. The Balaban J connectivity index is 3.21. The molecule has 20 heavy (non-hydrogen) atoms. The van der Waals surface area contributed by atoms with Crippen LogP contribution in [0.3, 0.4) is 0 Å². The Hall–Kier alpha value is -0.580. The van der Waals surface area contributed by atoms with Crippen molar-refractivity contribution in [3.05, 3.63) is 16.9 Å². The van der Waals surface area contributed by atoms with Gasteiger partial charge < -0.3 is 5.32 Å². The highest BCUT2D eigenvalue weighted by molar-refractivity contribution is 6.31. The first-order chi connectivity index (χ1) is 9.43. The van der Waals surface area contributed by atoms with Crippen molar-refractivity contribution in [2.24, 2.45) is 0 Å². The van der Waals surface area contributed by atoms with E-state index in [1.165, 1.54) is 0 Å². The van der Waals surface area contributed by atoms with E-state index in [2.05, 4.69) is 49.9 Å². The molecule has 4 nitrogen and oxygen atoms in total. The van der Waals surface area contributed by atoms with Crippen molar-refractivity contribution in [3.8, 4) is 0 Å². The number of nitrogens with zero attached hydrogens (tertiary/aromatic N) is 3. The summed E-state index contributed by atoms with van der Waals surface area (Å²) in [4.78, 5) is 2.45. The van der Waals surface area contributed by atoms with E-state index < -0.39 is 0 Å². The number of likely N-dealkylation sites (N-methyl/N-ethyl adjacent to an activating group) is 2. The van der Waals surface area contributed by atoms with Crippen molar-refractivity contribution in [2.45, 2.75) is 59.2 Å². The molecule has 1 aromatic rings. The number of aromatic nitrogens is 2. The van der Waals surface area contributed by atoms with Gasteiger partial charge in [0.2, 0.25) is 0 Å². The second-order valence-electron chi connectivity index (χ2n) is 5.65. The molecule has 1 aromatic heterocycles. The van der Waals surface area contributed by atoms with Crippen LogP contribution < -0.4 is 5.32 Å². The summed E-state index contributed by atoms with van der Waals surface area (Å²) in [6, 6.07) is 0.143. The molecule has 0 saturated heterocycles. The quantitative estimate of drug-likeness (QED) is 0.799. The predicted molar refractivity (Wildman–Crippen MR) is 86.3 cm³/mol. The lowest BCUT2D eigenvalue weighted by Crippen LogP contribution is -2.52. The molecular formula is C15H29ClN4. The number of nitrogens with one attached hydrogen (secondary N) is 1. The predicted octanol–water partition coefficient (Wildman–Crippen LogP) is 3.33. The average molecular weight is 301 g/mol. The van der Waals surface area contributed by atoms with Gasteiger partial charge >= 0.3 is 0 Å². The van der Waals surface area contributed by atoms with Crippen LogP contribution in [0.2, 0.25) is 5.02 Å². The molecule has 5 heteroatoms. The molecule has 1 N–H and O–H groups in total. The fraction of sp³-hybridized carbons (Fsp3) is 0.800. The van der Waals surface area contributed by atoms with E-state index in [1.807, 2.05) is 11.7 Å². The largest absolute Gasteiger partial charge is 0.310 e. The fourth-order valence-corrected chi connectivity index (χ4v) is 3.34. The van der Waals surface area contributed by atoms with Crippen LogP contribution in [0.15, 0.2) is 6.20 Å². The molecule has 0 aromatic carbocycles. The maximum atomic E-state index is 6.41. The number of hydrogen-bond acceptors (Lipinski definition) is 3. The maximum absolute atomic E-state index is 6.41. The van der Waals surface area contributed by atoms with Crippen LogP contribution in [-0.4, -0.2) is 40.4 Å². The smallest absolute Gasteiger partial charge is 0.0834 e. The van der Waals surface area contributed by atoms with Gasteiger partial charge in [-0.05, 0) is 40.4 Å². The van der Waals surface area contributed by atoms with Crippen LogP contribution in [0, 0.1) is 0 Å². The third kappa shape index (κ3) is 3.35. The topological polar surface area (TPSA) is 33.1 Å². The molecule has 0 fully saturated rings. The fourth-order valence-electron chi connectivity index (χ4n) is 3.09. The first-order valence-electron chi connectivity index (χ1n) is 7.57. The summed E-state index contributed by atoms with van der Waals surface area (Å²) in [7, 11) is 2.00. The zero-order valence-corrected chi connectivity index (χ0v) is 14.5. The molecular weight excluding hydrogens is 272 g/mol. The van der Waals surface area contributed by atoms with Gasteiger partial charge in [-0.2, -0.15) is 5.10 Å². The third-order valence-electron chi connectivity index (χ3n) is 4.12. The molecule has 0 bridgehead atoms. The van der Waals surface area contributed by atoms with Crippen LogP contribution >= 0.6 is 11.6 Å². The molecule has 0 aliphatic rings. The lowest BCUT2D eigenvalue weighted by atomic mass is 9.89. The lowest BCUT2D eigenvalue weighted by molar-refractivity contribution is 0.0907. The first-order valence-corrected chi connectivity index (χ1v) is 7.95. The Labute approximate surface area is 128 Å². The minimum absolute atomic E-state index is 0.0343. The van der Waals surface area contributed by atoms with Crippen LogP contribution in [0.4, 0.5) is 0 Å². The van der Waals surface area contributed by atoms with E-state index in [-0.39, 0.29) is 11.6 Å². The van der Waals surface area contributed by atoms with Gasteiger partial charge in [0.05, 0.1) is 23.0 Å². The third-order valence-corrected chi connectivity index (χ3v) is 4.41.